The first kappa shape index (κ1) is 18.6. The lowest BCUT2D eigenvalue weighted by Crippen LogP contribution is -2.29. The largest absolute Gasteiger partial charge is 0.495 e. The van der Waals surface area contributed by atoms with E-state index in [0.29, 0.717) is 22.2 Å². The number of carbonyl (C=O) groups excluding carboxylic acids is 2. The summed E-state index contributed by atoms with van der Waals surface area (Å²) in [5.74, 6) is -0.948. The summed E-state index contributed by atoms with van der Waals surface area (Å²) in [4.78, 5) is 24.3. The van der Waals surface area contributed by atoms with Crippen LogP contribution in [0.15, 0.2) is 30.3 Å². The van der Waals surface area contributed by atoms with Crippen LogP contribution in [0.4, 0.5) is 11.4 Å². The average Bonchev–Trinajstić information content (AvgIpc) is 2.58. The predicted octanol–water partition coefficient (Wildman–Crippen LogP) is 3.55. The van der Waals surface area contributed by atoms with Gasteiger partial charge in [-0.15, -0.1) is 0 Å². The molecule has 25 heavy (non-hydrogen) atoms. The van der Waals surface area contributed by atoms with Crippen molar-refractivity contribution in [2.75, 3.05) is 24.9 Å². The SMILES string of the molecule is COc1cc(NC(=O)C(=O)Nc2ccc(C)cc2C)c(OC)cc1Cl. The van der Waals surface area contributed by atoms with Crippen LogP contribution in [0.3, 0.4) is 0 Å². The molecule has 0 unspecified atom stereocenters. The molecule has 2 rings (SSSR count). The van der Waals surface area contributed by atoms with Gasteiger partial charge in [-0.2, -0.15) is 0 Å². The van der Waals surface area contributed by atoms with Crippen molar-refractivity contribution in [2.24, 2.45) is 0 Å². The van der Waals surface area contributed by atoms with Gasteiger partial charge < -0.3 is 20.1 Å². The Bertz CT molecular complexity index is 821. The number of rotatable bonds is 4. The maximum atomic E-state index is 12.2. The van der Waals surface area contributed by atoms with Crippen LogP contribution in [0.1, 0.15) is 11.1 Å². The average molecular weight is 363 g/mol. The monoisotopic (exact) mass is 362 g/mol. The molecule has 6 nitrogen and oxygen atoms in total. The molecule has 2 amide bonds. The molecule has 0 aliphatic heterocycles. The third kappa shape index (κ3) is 4.42. The van der Waals surface area contributed by atoms with Crippen molar-refractivity contribution in [3.8, 4) is 11.5 Å². The van der Waals surface area contributed by atoms with Gasteiger partial charge in [0.25, 0.3) is 0 Å². The van der Waals surface area contributed by atoms with Gasteiger partial charge in [0.15, 0.2) is 0 Å². The zero-order chi connectivity index (χ0) is 18.6. The van der Waals surface area contributed by atoms with Crippen molar-refractivity contribution in [3.05, 3.63) is 46.5 Å². The number of methoxy groups -OCH3 is 2. The number of halogens is 1. The van der Waals surface area contributed by atoms with Gasteiger partial charge in [0.2, 0.25) is 0 Å². The van der Waals surface area contributed by atoms with Crippen molar-refractivity contribution < 1.29 is 19.1 Å². The Morgan fingerprint density at radius 1 is 0.880 bits per heavy atom. The molecule has 0 aromatic heterocycles. The minimum absolute atomic E-state index is 0.282. The molecule has 0 saturated carbocycles. The molecule has 0 bridgehead atoms. The second-order valence-corrected chi connectivity index (χ2v) is 5.82. The van der Waals surface area contributed by atoms with Gasteiger partial charge in [-0.25, -0.2) is 0 Å². The van der Waals surface area contributed by atoms with Crippen LogP contribution in [-0.4, -0.2) is 26.0 Å². The molecular formula is C18H19ClN2O4. The quantitative estimate of drug-likeness (QED) is 0.815. The maximum Gasteiger partial charge on any atom is 0.314 e. The van der Waals surface area contributed by atoms with Gasteiger partial charge >= 0.3 is 11.8 Å². The highest BCUT2D eigenvalue weighted by molar-refractivity contribution is 6.44. The molecule has 0 atom stereocenters. The number of hydrogen-bond acceptors (Lipinski definition) is 4. The van der Waals surface area contributed by atoms with Crippen LogP contribution >= 0.6 is 11.6 Å². The molecule has 2 aromatic carbocycles. The molecule has 0 heterocycles. The van der Waals surface area contributed by atoms with E-state index in [1.54, 1.807) is 6.07 Å². The van der Waals surface area contributed by atoms with Crippen LogP contribution in [-0.2, 0) is 9.59 Å². The van der Waals surface area contributed by atoms with Crippen molar-refractivity contribution in [2.45, 2.75) is 13.8 Å². The second-order valence-electron chi connectivity index (χ2n) is 5.41. The topological polar surface area (TPSA) is 76.7 Å². The molecule has 0 aliphatic rings. The summed E-state index contributed by atoms with van der Waals surface area (Å²) < 4.78 is 10.3. The third-order valence-corrected chi connectivity index (χ3v) is 3.85. The molecule has 132 valence electrons. The summed E-state index contributed by atoms with van der Waals surface area (Å²) in [6.07, 6.45) is 0. The van der Waals surface area contributed by atoms with E-state index in [1.807, 2.05) is 26.0 Å². The minimum atomic E-state index is -0.831. The Hall–Kier alpha value is -2.73. The van der Waals surface area contributed by atoms with E-state index in [2.05, 4.69) is 10.6 Å². The van der Waals surface area contributed by atoms with E-state index >= 15 is 0 Å². The summed E-state index contributed by atoms with van der Waals surface area (Å²) >= 11 is 6.02. The van der Waals surface area contributed by atoms with Gasteiger partial charge in [0.1, 0.15) is 11.5 Å². The van der Waals surface area contributed by atoms with Crippen LogP contribution in [0, 0.1) is 13.8 Å². The van der Waals surface area contributed by atoms with Gasteiger partial charge in [-0.05, 0) is 25.5 Å². The lowest BCUT2D eigenvalue weighted by Gasteiger charge is -2.13. The highest BCUT2D eigenvalue weighted by Crippen LogP contribution is 2.35. The van der Waals surface area contributed by atoms with Crippen LogP contribution in [0.5, 0.6) is 11.5 Å². The van der Waals surface area contributed by atoms with Gasteiger partial charge in [-0.1, -0.05) is 29.3 Å². The molecule has 0 saturated heterocycles. The highest BCUT2D eigenvalue weighted by atomic mass is 35.5. The molecule has 0 fully saturated rings. The molecule has 0 spiro atoms. The van der Waals surface area contributed by atoms with Crippen molar-refractivity contribution in [3.63, 3.8) is 0 Å². The van der Waals surface area contributed by atoms with E-state index < -0.39 is 11.8 Å². The van der Waals surface area contributed by atoms with Crippen LogP contribution < -0.4 is 20.1 Å². The van der Waals surface area contributed by atoms with Crippen molar-refractivity contribution in [1.82, 2.24) is 0 Å². The van der Waals surface area contributed by atoms with Crippen molar-refractivity contribution in [1.29, 1.82) is 0 Å². The number of nitrogens with one attached hydrogen (secondary N) is 2. The fraction of sp³-hybridized carbons (Fsp3) is 0.222. The number of anilines is 2. The number of hydrogen-bond donors (Lipinski definition) is 2. The van der Waals surface area contributed by atoms with E-state index in [0.717, 1.165) is 11.1 Å². The summed E-state index contributed by atoms with van der Waals surface area (Å²) in [6.45, 7) is 3.80. The highest BCUT2D eigenvalue weighted by Gasteiger charge is 2.18. The summed E-state index contributed by atoms with van der Waals surface area (Å²) in [6, 6.07) is 8.51. The predicted molar refractivity (Wildman–Crippen MR) is 97.7 cm³/mol. The first-order valence-corrected chi connectivity index (χ1v) is 7.84. The number of benzene rings is 2. The zero-order valence-electron chi connectivity index (χ0n) is 14.4. The normalized spacial score (nSPS) is 10.1. The smallest absolute Gasteiger partial charge is 0.314 e. The molecule has 0 radical (unpaired) electrons. The fourth-order valence-electron chi connectivity index (χ4n) is 2.27. The van der Waals surface area contributed by atoms with E-state index in [9.17, 15) is 9.59 Å². The van der Waals surface area contributed by atoms with Crippen molar-refractivity contribution >= 4 is 34.8 Å². The first-order chi connectivity index (χ1) is 11.8. The summed E-state index contributed by atoms with van der Waals surface area (Å²) in [7, 11) is 2.88. The number of aryl methyl sites for hydroxylation is 2. The summed E-state index contributed by atoms with van der Waals surface area (Å²) in [5, 5.41) is 5.42. The van der Waals surface area contributed by atoms with Crippen LogP contribution in [0.2, 0.25) is 5.02 Å². The molecule has 0 aliphatic carbocycles. The third-order valence-electron chi connectivity index (χ3n) is 3.56. The number of carbonyl (C=O) groups is 2. The maximum absolute atomic E-state index is 12.2. The lowest BCUT2D eigenvalue weighted by molar-refractivity contribution is -0.133. The van der Waals surface area contributed by atoms with E-state index in [1.165, 1.54) is 26.4 Å². The standard InChI is InChI=1S/C18H19ClN2O4/c1-10-5-6-13(11(2)7-10)20-17(22)18(23)21-14-9-15(24-3)12(19)8-16(14)25-4/h5-9H,1-4H3,(H,20,22)(H,21,23). The Morgan fingerprint density at radius 3 is 2.04 bits per heavy atom. The Balaban J connectivity index is 2.17. The second kappa shape index (κ2) is 7.90. The number of ether oxygens (including phenoxy) is 2. The van der Waals surface area contributed by atoms with Crippen LogP contribution in [0.25, 0.3) is 0 Å². The molecule has 7 heteroatoms. The Morgan fingerprint density at radius 2 is 1.48 bits per heavy atom. The van der Waals surface area contributed by atoms with E-state index in [4.69, 9.17) is 21.1 Å². The Labute approximate surface area is 151 Å². The molecular weight excluding hydrogens is 344 g/mol. The van der Waals surface area contributed by atoms with E-state index in [-0.39, 0.29) is 5.69 Å². The minimum Gasteiger partial charge on any atom is -0.495 e. The fourth-order valence-corrected chi connectivity index (χ4v) is 2.50. The van der Waals surface area contributed by atoms with Gasteiger partial charge in [-0.3, -0.25) is 9.59 Å². The first-order valence-electron chi connectivity index (χ1n) is 7.46. The number of amides is 2. The zero-order valence-corrected chi connectivity index (χ0v) is 15.2. The molecule has 2 N–H and O–H groups in total. The van der Waals surface area contributed by atoms with Gasteiger partial charge in [0.05, 0.1) is 24.9 Å². The Kier molecular flexibility index (Phi) is 5.88. The molecule has 2 aromatic rings. The van der Waals surface area contributed by atoms with Gasteiger partial charge in [0, 0.05) is 17.8 Å². The summed E-state index contributed by atoms with van der Waals surface area (Å²) in [5.41, 5.74) is 2.79. The lowest BCUT2D eigenvalue weighted by atomic mass is 10.1.